The molecule has 2 aromatic carbocycles. The van der Waals surface area contributed by atoms with Gasteiger partial charge in [-0.3, -0.25) is 9.59 Å². The fourth-order valence-electron chi connectivity index (χ4n) is 4.39. The topological polar surface area (TPSA) is 53.1 Å². The Kier molecular flexibility index (Phi) is 9.95. The molecule has 2 aromatic rings. The Morgan fingerprint density at radius 2 is 1.68 bits per heavy atom. The normalized spacial score (nSPS) is 15.3. The minimum Gasteiger partial charge on any atom is -0.494 e. The molecular formula is C28H39N3O3. The number of rotatable bonds is 6. The van der Waals surface area contributed by atoms with E-state index in [1.165, 1.54) is 0 Å². The Bertz CT molecular complexity index is 944. The fraction of sp³-hybridized carbons (Fsp3) is 0.500. The number of anilines is 1. The quantitative estimate of drug-likeness (QED) is 0.565. The van der Waals surface area contributed by atoms with Gasteiger partial charge in [0.2, 0.25) is 5.91 Å². The average molecular weight is 466 g/mol. The number of nitrogens with zero attached hydrogens (tertiary/aromatic N) is 3. The Labute approximate surface area is 204 Å². The lowest BCUT2D eigenvalue weighted by Gasteiger charge is -2.29. The maximum absolute atomic E-state index is 13.6. The molecule has 0 fully saturated rings. The van der Waals surface area contributed by atoms with Gasteiger partial charge in [-0.1, -0.05) is 43.5 Å². The molecule has 0 aliphatic carbocycles. The predicted molar refractivity (Wildman–Crippen MR) is 137 cm³/mol. The van der Waals surface area contributed by atoms with E-state index in [1.54, 1.807) is 6.92 Å². The van der Waals surface area contributed by atoms with Crippen LogP contribution in [-0.2, 0) is 11.3 Å². The number of hydrogen-bond acceptors (Lipinski definition) is 4. The number of carbonyl (C=O) groups excluding carboxylic acids is 2. The number of para-hydroxylation sites is 1. The SMILES string of the molecule is CC(=O)N1CCCCCCCN(C(=O)c2cccc(OCCCN(C)C)c2)Cc2ccccc21. The van der Waals surface area contributed by atoms with Crippen LogP contribution in [0, 0.1) is 0 Å². The molecule has 0 N–H and O–H groups in total. The molecule has 0 bridgehead atoms. The first-order chi connectivity index (χ1) is 16.5. The summed E-state index contributed by atoms with van der Waals surface area (Å²) in [4.78, 5) is 31.9. The van der Waals surface area contributed by atoms with E-state index in [2.05, 4.69) is 4.90 Å². The molecule has 0 aromatic heterocycles. The highest BCUT2D eigenvalue weighted by molar-refractivity contribution is 5.95. The van der Waals surface area contributed by atoms with Crippen molar-refractivity contribution in [2.24, 2.45) is 0 Å². The number of hydrogen-bond donors (Lipinski definition) is 0. The zero-order chi connectivity index (χ0) is 24.3. The highest BCUT2D eigenvalue weighted by Gasteiger charge is 2.21. The van der Waals surface area contributed by atoms with E-state index < -0.39 is 0 Å². The molecule has 0 saturated carbocycles. The summed E-state index contributed by atoms with van der Waals surface area (Å²) in [6.45, 7) is 5.09. The molecule has 1 aliphatic rings. The molecule has 0 unspecified atom stereocenters. The van der Waals surface area contributed by atoms with Gasteiger partial charge in [0, 0.05) is 44.4 Å². The van der Waals surface area contributed by atoms with Crippen molar-refractivity contribution in [3.8, 4) is 5.75 Å². The van der Waals surface area contributed by atoms with Gasteiger partial charge in [-0.2, -0.15) is 0 Å². The van der Waals surface area contributed by atoms with Gasteiger partial charge in [-0.15, -0.1) is 0 Å². The third-order valence-corrected chi connectivity index (χ3v) is 6.22. The van der Waals surface area contributed by atoms with Crippen LogP contribution in [0.15, 0.2) is 48.5 Å². The first kappa shape index (κ1) is 25.8. The third kappa shape index (κ3) is 7.59. The highest BCUT2D eigenvalue weighted by Crippen LogP contribution is 2.25. The summed E-state index contributed by atoms with van der Waals surface area (Å²) in [6, 6.07) is 15.5. The maximum Gasteiger partial charge on any atom is 0.254 e. The van der Waals surface area contributed by atoms with Crippen molar-refractivity contribution in [2.45, 2.75) is 52.0 Å². The van der Waals surface area contributed by atoms with Crippen molar-refractivity contribution in [1.82, 2.24) is 9.80 Å². The summed E-state index contributed by atoms with van der Waals surface area (Å²) in [5, 5.41) is 0. The summed E-state index contributed by atoms with van der Waals surface area (Å²) in [5.74, 6) is 0.767. The summed E-state index contributed by atoms with van der Waals surface area (Å²) >= 11 is 0. The second-order valence-corrected chi connectivity index (χ2v) is 9.33. The zero-order valence-electron chi connectivity index (χ0n) is 21.0. The van der Waals surface area contributed by atoms with Gasteiger partial charge in [0.1, 0.15) is 5.75 Å². The molecule has 1 aliphatic heterocycles. The van der Waals surface area contributed by atoms with E-state index in [0.717, 1.165) is 62.1 Å². The lowest BCUT2D eigenvalue weighted by Crippen LogP contribution is -2.34. The third-order valence-electron chi connectivity index (χ3n) is 6.22. The maximum atomic E-state index is 13.6. The van der Waals surface area contributed by atoms with Crippen molar-refractivity contribution in [2.75, 3.05) is 45.2 Å². The number of amides is 2. The van der Waals surface area contributed by atoms with Gasteiger partial charge in [0.15, 0.2) is 0 Å². The van der Waals surface area contributed by atoms with Crippen molar-refractivity contribution >= 4 is 17.5 Å². The smallest absolute Gasteiger partial charge is 0.254 e. The zero-order valence-corrected chi connectivity index (χ0v) is 21.0. The first-order valence-electron chi connectivity index (χ1n) is 12.5. The van der Waals surface area contributed by atoms with Crippen LogP contribution < -0.4 is 9.64 Å². The lowest BCUT2D eigenvalue weighted by atomic mass is 10.1. The van der Waals surface area contributed by atoms with Crippen LogP contribution in [0.25, 0.3) is 0 Å². The first-order valence-corrected chi connectivity index (χ1v) is 12.5. The van der Waals surface area contributed by atoms with Crippen molar-refractivity contribution < 1.29 is 14.3 Å². The van der Waals surface area contributed by atoms with Crippen LogP contribution in [-0.4, -0.2) is 62.0 Å². The van der Waals surface area contributed by atoms with E-state index in [9.17, 15) is 9.59 Å². The molecule has 0 spiro atoms. The predicted octanol–water partition coefficient (Wildman–Crippen LogP) is 4.98. The summed E-state index contributed by atoms with van der Waals surface area (Å²) in [5.41, 5.74) is 2.55. The lowest BCUT2D eigenvalue weighted by molar-refractivity contribution is -0.116. The Morgan fingerprint density at radius 3 is 2.44 bits per heavy atom. The second kappa shape index (κ2) is 13.1. The molecule has 6 nitrogen and oxygen atoms in total. The summed E-state index contributed by atoms with van der Waals surface area (Å²) in [6.07, 6.45) is 6.20. The van der Waals surface area contributed by atoms with Crippen LogP contribution in [0.5, 0.6) is 5.75 Å². The minimum absolute atomic E-state index is 0.0000194. The molecule has 3 rings (SSSR count). The highest BCUT2D eigenvalue weighted by atomic mass is 16.5. The molecule has 0 radical (unpaired) electrons. The monoisotopic (exact) mass is 465 g/mol. The molecule has 0 saturated heterocycles. The van der Waals surface area contributed by atoms with Crippen molar-refractivity contribution in [3.05, 3.63) is 59.7 Å². The molecular weight excluding hydrogens is 426 g/mol. The van der Waals surface area contributed by atoms with Gasteiger partial charge < -0.3 is 19.4 Å². The van der Waals surface area contributed by atoms with Crippen molar-refractivity contribution in [3.63, 3.8) is 0 Å². The van der Waals surface area contributed by atoms with Gasteiger partial charge in [0.25, 0.3) is 5.91 Å². The molecule has 184 valence electrons. The van der Waals surface area contributed by atoms with Crippen LogP contribution in [0.3, 0.4) is 0 Å². The van der Waals surface area contributed by atoms with Crippen LogP contribution in [0.1, 0.15) is 61.4 Å². The van der Waals surface area contributed by atoms with Gasteiger partial charge in [0.05, 0.1) is 6.61 Å². The van der Waals surface area contributed by atoms with Crippen LogP contribution >= 0.6 is 0 Å². The Morgan fingerprint density at radius 1 is 0.941 bits per heavy atom. The average Bonchev–Trinajstić information content (AvgIpc) is 2.81. The van der Waals surface area contributed by atoms with E-state index in [-0.39, 0.29) is 11.8 Å². The number of fused-ring (bicyclic) bond motifs is 1. The van der Waals surface area contributed by atoms with Crippen molar-refractivity contribution in [1.29, 1.82) is 0 Å². The molecule has 34 heavy (non-hydrogen) atoms. The van der Waals surface area contributed by atoms with E-state index >= 15 is 0 Å². The molecule has 6 heteroatoms. The van der Waals surface area contributed by atoms with Gasteiger partial charge in [-0.25, -0.2) is 0 Å². The van der Waals surface area contributed by atoms with Gasteiger partial charge in [-0.05, 0) is 63.2 Å². The molecule has 2 amide bonds. The van der Waals surface area contributed by atoms with E-state index in [1.807, 2.05) is 72.4 Å². The van der Waals surface area contributed by atoms with Gasteiger partial charge >= 0.3 is 0 Å². The van der Waals surface area contributed by atoms with Crippen LogP contribution in [0.2, 0.25) is 0 Å². The van der Waals surface area contributed by atoms with E-state index in [0.29, 0.717) is 31.8 Å². The minimum atomic E-state index is -0.0000194. The Balaban J connectivity index is 1.80. The molecule has 0 atom stereocenters. The second-order valence-electron chi connectivity index (χ2n) is 9.33. The number of ether oxygens (including phenoxy) is 1. The molecule has 1 heterocycles. The fourth-order valence-corrected chi connectivity index (χ4v) is 4.39. The van der Waals surface area contributed by atoms with Crippen LogP contribution in [0.4, 0.5) is 5.69 Å². The standard InChI is InChI=1S/C28H39N3O3/c1-23(32)31-19-10-6-4-5-9-18-30(22-25-13-7-8-16-27(25)31)28(33)24-14-11-15-26(21-24)34-20-12-17-29(2)3/h7-8,11,13-16,21H,4-6,9-10,12,17-20,22H2,1-3H3. The largest absolute Gasteiger partial charge is 0.494 e. The Hall–Kier alpha value is -2.86. The van der Waals surface area contributed by atoms with E-state index in [4.69, 9.17) is 4.74 Å². The summed E-state index contributed by atoms with van der Waals surface area (Å²) < 4.78 is 5.90. The summed E-state index contributed by atoms with van der Waals surface area (Å²) in [7, 11) is 4.09. The number of benzene rings is 2. The number of carbonyl (C=O) groups is 2.